The van der Waals surface area contributed by atoms with Gasteiger partial charge >= 0.3 is 0 Å². The molecule has 0 saturated carbocycles. The van der Waals surface area contributed by atoms with Crippen molar-refractivity contribution in [3.05, 3.63) is 66.2 Å². The number of aromatic amines is 1. The van der Waals surface area contributed by atoms with Gasteiger partial charge in [0.25, 0.3) is 0 Å². The molecular weight excluding hydrogens is 348 g/mol. The van der Waals surface area contributed by atoms with Crippen LogP contribution in [0.3, 0.4) is 0 Å². The van der Waals surface area contributed by atoms with E-state index in [1.165, 1.54) is 12.3 Å². The van der Waals surface area contributed by atoms with Gasteiger partial charge < -0.3 is 14.3 Å². The lowest BCUT2D eigenvalue weighted by molar-refractivity contribution is 0.410. The first-order chi connectivity index (χ1) is 15.1. The summed E-state index contributed by atoms with van der Waals surface area (Å²) in [5, 5.41) is 0.0365. The van der Waals surface area contributed by atoms with Gasteiger partial charge in [0, 0.05) is 29.8 Å². The van der Waals surface area contributed by atoms with Crippen molar-refractivity contribution in [2.24, 2.45) is 0 Å². The third kappa shape index (κ3) is 3.01. The number of imidazole rings is 1. The molecule has 4 aromatic rings. The number of ether oxygens (including phenoxy) is 1. The van der Waals surface area contributed by atoms with E-state index in [2.05, 4.69) is 15.0 Å². The normalized spacial score (nSPS) is 16.2. The molecule has 26 heavy (non-hydrogen) atoms. The third-order valence-corrected chi connectivity index (χ3v) is 5.10. The zero-order valence-electron chi connectivity index (χ0n) is 19.7. The quantitative estimate of drug-likeness (QED) is 0.583. The van der Waals surface area contributed by atoms with Gasteiger partial charge in [-0.2, -0.15) is 0 Å². The van der Waals surface area contributed by atoms with Crippen molar-refractivity contribution in [3.8, 4) is 11.4 Å². The predicted octanol–water partition coefficient (Wildman–Crippen LogP) is 3.37. The minimum Gasteiger partial charge on any atom is -0.496 e. The lowest BCUT2D eigenvalue weighted by Gasteiger charge is -2.08. The van der Waals surface area contributed by atoms with Crippen LogP contribution in [0.2, 0.25) is 0 Å². The lowest BCUT2D eigenvalue weighted by atomic mass is 10.2. The average Bonchev–Trinajstić information content (AvgIpc) is 3.39. The average molecular weight is 372 g/mol. The Labute approximate surface area is 161 Å². The Kier molecular flexibility index (Phi) is 2.84. The van der Waals surface area contributed by atoms with E-state index in [0.29, 0.717) is 11.3 Å². The van der Waals surface area contributed by atoms with Crippen LogP contribution in [0.5, 0.6) is 5.75 Å². The summed E-state index contributed by atoms with van der Waals surface area (Å²) in [6.45, 7) is 1.62. The van der Waals surface area contributed by atoms with Gasteiger partial charge in [0.2, 0.25) is 0 Å². The Balaban J connectivity index is 1.71. The van der Waals surface area contributed by atoms with E-state index in [9.17, 15) is 4.21 Å². The molecule has 1 atom stereocenters. The second kappa shape index (κ2) is 6.76. The first kappa shape index (κ1) is 10.9. The van der Waals surface area contributed by atoms with Gasteiger partial charge in [0.05, 0.1) is 48.5 Å². The molecule has 0 amide bonds. The molecule has 1 unspecified atom stereocenters. The maximum Gasteiger partial charge on any atom is 0.197 e. The number of hydrogen-bond acceptors (Lipinski definition) is 4. The summed E-state index contributed by atoms with van der Waals surface area (Å²) in [6, 6.07) is 4.55. The number of pyridine rings is 1. The molecule has 6 nitrogen and oxygen atoms in total. The molecule has 0 bridgehead atoms. The van der Waals surface area contributed by atoms with Gasteiger partial charge in [0.15, 0.2) is 5.16 Å². The molecule has 0 aliphatic rings. The number of methoxy groups -OCH3 is 1. The molecule has 0 aliphatic carbocycles. The maximum absolute atomic E-state index is 13.0. The van der Waals surface area contributed by atoms with Gasteiger partial charge in [-0.15, -0.1) is 0 Å². The topological polar surface area (TPSA) is 72.8 Å². The molecule has 1 aromatic carbocycles. The Hall–Kier alpha value is -2.93. The van der Waals surface area contributed by atoms with Crippen LogP contribution in [-0.4, -0.2) is 30.8 Å². The fraction of sp³-hybridized carbons (Fsp3) is 0.158. The molecule has 4 rings (SSSR count). The van der Waals surface area contributed by atoms with E-state index in [4.69, 9.17) is 13.0 Å². The SMILES string of the molecule is [2H]c1c(-n2cccc2)c([2H])c2[nH]c(S(=O)Cc3nccc(OC([2H])([2H])[2H])c3C)nc2c1[2H]. The number of benzene rings is 1. The molecule has 3 heterocycles. The molecule has 7 heteroatoms. The highest BCUT2D eigenvalue weighted by Gasteiger charge is 2.15. The third-order valence-electron chi connectivity index (χ3n) is 3.94. The summed E-state index contributed by atoms with van der Waals surface area (Å²) >= 11 is 0. The maximum atomic E-state index is 13.0. The van der Waals surface area contributed by atoms with E-state index >= 15 is 0 Å². The number of nitrogens with zero attached hydrogens (tertiary/aromatic N) is 3. The Bertz CT molecular complexity index is 1330. The van der Waals surface area contributed by atoms with Crippen LogP contribution in [-0.2, 0) is 16.6 Å². The molecule has 0 saturated heterocycles. The van der Waals surface area contributed by atoms with Crippen molar-refractivity contribution in [1.29, 1.82) is 0 Å². The van der Waals surface area contributed by atoms with E-state index in [1.807, 2.05) is 0 Å². The van der Waals surface area contributed by atoms with E-state index in [0.717, 1.165) is 0 Å². The molecular formula is C19H18N4O2S. The summed E-state index contributed by atoms with van der Waals surface area (Å²) in [5.41, 5.74) is 1.34. The molecule has 0 aliphatic heterocycles. The minimum atomic E-state index is -2.62. The second-order valence-corrected chi connectivity index (χ2v) is 6.92. The summed E-state index contributed by atoms with van der Waals surface area (Å²) in [7, 11) is -4.36. The number of rotatable bonds is 5. The molecule has 0 spiro atoms. The summed E-state index contributed by atoms with van der Waals surface area (Å²) in [6.07, 6.45) is 4.72. The number of fused-ring (bicyclic) bond motifs is 1. The highest BCUT2D eigenvalue weighted by atomic mass is 32.2. The van der Waals surface area contributed by atoms with E-state index < -0.39 is 17.8 Å². The van der Waals surface area contributed by atoms with Crippen LogP contribution >= 0.6 is 0 Å². The minimum absolute atomic E-state index is 0.0321. The van der Waals surface area contributed by atoms with E-state index in [1.54, 1.807) is 36.0 Å². The highest BCUT2D eigenvalue weighted by Crippen LogP contribution is 2.22. The van der Waals surface area contributed by atoms with Crippen LogP contribution in [0.15, 0.2) is 60.1 Å². The number of H-pyrrole nitrogens is 1. The molecule has 1 N–H and O–H groups in total. The first-order valence-corrected chi connectivity index (χ1v) is 9.03. The van der Waals surface area contributed by atoms with Gasteiger partial charge in [-0.05, 0) is 43.3 Å². The summed E-state index contributed by atoms with van der Waals surface area (Å²) in [4.78, 5) is 11.3. The Morgan fingerprint density at radius 2 is 2.23 bits per heavy atom. The van der Waals surface area contributed by atoms with Gasteiger partial charge in [-0.3, -0.25) is 9.19 Å². The van der Waals surface area contributed by atoms with E-state index in [-0.39, 0.29) is 51.5 Å². The van der Waals surface area contributed by atoms with Crippen molar-refractivity contribution in [2.45, 2.75) is 17.8 Å². The Morgan fingerprint density at radius 3 is 3.04 bits per heavy atom. The summed E-state index contributed by atoms with van der Waals surface area (Å²) in [5.74, 6) is 0.0385. The van der Waals surface area contributed by atoms with Gasteiger partial charge in [-0.25, -0.2) is 4.98 Å². The van der Waals surface area contributed by atoms with Crippen LogP contribution in [0.4, 0.5) is 0 Å². The van der Waals surface area contributed by atoms with Crippen molar-refractivity contribution in [2.75, 3.05) is 7.04 Å². The van der Waals surface area contributed by atoms with Gasteiger partial charge in [0.1, 0.15) is 5.75 Å². The predicted molar refractivity (Wildman–Crippen MR) is 101 cm³/mol. The monoisotopic (exact) mass is 372 g/mol. The summed E-state index contributed by atoms with van der Waals surface area (Å²) < 4.78 is 66.4. The second-order valence-electron chi connectivity index (χ2n) is 5.55. The molecule has 0 fully saturated rings. The highest BCUT2D eigenvalue weighted by molar-refractivity contribution is 7.84. The van der Waals surface area contributed by atoms with Crippen LogP contribution in [0.25, 0.3) is 16.7 Å². The van der Waals surface area contributed by atoms with Crippen molar-refractivity contribution in [3.63, 3.8) is 0 Å². The van der Waals surface area contributed by atoms with Gasteiger partial charge in [-0.1, -0.05) is 0 Å². The van der Waals surface area contributed by atoms with Crippen molar-refractivity contribution >= 4 is 21.8 Å². The van der Waals surface area contributed by atoms with Crippen molar-refractivity contribution < 1.29 is 17.2 Å². The number of aromatic nitrogens is 4. The molecule has 132 valence electrons. The van der Waals surface area contributed by atoms with Crippen molar-refractivity contribution in [1.82, 2.24) is 19.5 Å². The smallest absolute Gasteiger partial charge is 0.197 e. The van der Waals surface area contributed by atoms with Crippen LogP contribution in [0, 0.1) is 6.92 Å². The fourth-order valence-corrected chi connectivity index (χ4v) is 3.61. The molecule has 3 aromatic heterocycles. The fourth-order valence-electron chi connectivity index (χ4n) is 2.53. The van der Waals surface area contributed by atoms with Crippen LogP contribution in [0.1, 0.15) is 19.5 Å². The largest absolute Gasteiger partial charge is 0.496 e. The lowest BCUT2D eigenvalue weighted by Crippen LogP contribution is -2.03. The number of nitrogens with one attached hydrogen (secondary N) is 1. The molecule has 0 radical (unpaired) electrons. The standard InChI is InChI=1S/C19H18N4O2S/c1-13-17(20-8-7-18(13)25-2)12-26(24)19-21-15-6-5-14(11-16(15)22-19)23-9-3-4-10-23/h3-11H,12H2,1-2H3,(H,21,22)/i2D3,5D,6D,11D. The number of hydrogen-bond donors (Lipinski definition) is 1. The van der Waals surface area contributed by atoms with Crippen LogP contribution < -0.4 is 4.74 Å². The zero-order valence-corrected chi connectivity index (χ0v) is 14.6. The Morgan fingerprint density at radius 1 is 1.38 bits per heavy atom. The first-order valence-electron chi connectivity index (χ1n) is 10.7. The zero-order chi connectivity index (χ0) is 23.2.